The second-order valence-electron chi connectivity index (χ2n) is 12.2. The minimum atomic E-state index is -0.144. The highest BCUT2D eigenvalue weighted by Crippen LogP contribution is 2.14. The Labute approximate surface area is 252 Å². The molecule has 2 amide bonds. The summed E-state index contributed by atoms with van der Waals surface area (Å²) in [5, 5.41) is 5.61. The number of unbranched alkanes of at least 4 members (excludes halogenated alkanes) is 28. The van der Waals surface area contributed by atoms with Crippen molar-refractivity contribution in [2.45, 2.75) is 206 Å². The van der Waals surface area contributed by atoms with Gasteiger partial charge in [0, 0.05) is 12.4 Å². The Morgan fingerprint density at radius 1 is 0.375 bits per heavy atom. The van der Waals surface area contributed by atoms with E-state index in [0.717, 1.165) is 12.8 Å². The predicted molar refractivity (Wildman–Crippen MR) is 180 cm³/mol. The third-order valence-electron chi connectivity index (χ3n) is 8.11. The van der Waals surface area contributed by atoms with Gasteiger partial charge < -0.3 is 10.6 Å². The lowest BCUT2D eigenvalue weighted by Crippen LogP contribution is -2.27. The van der Waals surface area contributed by atoms with Crippen molar-refractivity contribution in [2.24, 2.45) is 0 Å². The summed E-state index contributed by atoms with van der Waals surface area (Å²) in [4.78, 5) is 11.8. The van der Waals surface area contributed by atoms with E-state index in [0.29, 0.717) is 0 Å². The van der Waals surface area contributed by atoms with Gasteiger partial charge in [0.05, 0.1) is 0 Å². The van der Waals surface area contributed by atoms with E-state index in [1.165, 1.54) is 180 Å². The minimum absolute atomic E-state index is 0.144. The van der Waals surface area contributed by atoms with Crippen LogP contribution >= 0.6 is 0 Å². The molecule has 0 atom stereocenters. The maximum absolute atomic E-state index is 11.8. The molecular formula is C37H72N2O. The van der Waals surface area contributed by atoms with Gasteiger partial charge in [-0.15, -0.1) is 0 Å². The summed E-state index contributed by atoms with van der Waals surface area (Å²) in [7, 11) is 0. The largest absolute Gasteiger partial charge is 0.322 e. The Balaban J connectivity index is 3.27. The molecule has 0 saturated heterocycles. The second kappa shape index (κ2) is 35.8. The molecule has 0 aliphatic rings. The zero-order chi connectivity index (χ0) is 29.0. The third-order valence-corrected chi connectivity index (χ3v) is 8.11. The molecule has 3 nitrogen and oxygen atoms in total. The first-order valence-corrected chi connectivity index (χ1v) is 18.2. The summed E-state index contributed by atoms with van der Waals surface area (Å²) in [5.41, 5.74) is 0. The summed E-state index contributed by atoms with van der Waals surface area (Å²) in [6.07, 6.45) is 48.8. The highest BCUT2D eigenvalue weighted by molar-refractivity contribution is 5.75. The van der Waals surface area contributed by atoms with Crippen LogP contribution in [0.4, 0.5) is 4.79 Å². The van der Waals surface area contributed by atoms with Gasteiger partial charge in [-0.3, -0.25) is 0 Å². The SMILES string of the molecule is CCCCCCCCCCCCCCCCC=CNC(=O)NC=CCCCCCCCCCCCCCCCC. The quantitative estimate of drug-likeness (QED) is 0.0789. The predicted octanol–water partition coefficient (Wildman–Crippen LogP) is 13.1. The monoisotopic (exact) mass is 561 g/mol. The molecule has 2 N–H and O–H groups in total. The number of allylic oxidation sites excluding steroid dienone is 2. The van der Waals surface area contributed by atoms with Crippen molar-refractivity contribution in [3.63, 3.8) is 0 Å². The van der Waals surface area contributed by atoms with Gasteiger partial charge in [-0.05, 0) is 25.7 Å². The van der Waals surface area contributed by atoms with Gasteiger partial charge in [-0.2, -0.15) is 0 Å². The fourth-order valence-electron chi connectivity index (χ4n) is 5.39. The van der Waals surface area contributed by atoms with Crippen LogP contribution in [0, 0.1) is 0 Å². The van der Waals surface area contributed by atoms with Gasteiger partial charge in [0.2, 0.25) is 0 Å². The Hall–Kier alpha value is -1.25. The number of carbonyl (C=O) groups excluding carboxylic acids is 1. The molecule has 0 aliphatic carbocycles. The van der Waals surface area contributed by atoms with Crippen LogP contribution in [0.25, 0.3) is 0 Å². The molecule has 0 bridgehead atoms. The molecule has 0 aromatic rings. The summed E-state index contributed by atoms with van der Waals surface area (Å²) in [6, 6.07) is -0.144. The van der Waals surface area contributed by atoms with E-state index >= 15 is 0 Å². The van der Waals surface area contributed by atoms with Crippen LogP contribution in [0.5, 0.6) is 0 Å². The van der Waals surface area contributed by atoms with Crippen molar-refractivity contribution in [1.29, 1.82) is 0 Å². The number of amides is 2. The topological polar surface area (TPSA) is 41.1 Å². The lowest BCUT2D eigenvalue weighted by atomic mass is 10.0. The van der Waals surface area contributed by atoms with Crippen LogP contribution < -0.4 is 10.6 Å². The third kappa shape index (κ3) is 34.8. The van der Waals surface area contributed by atoms with Crippen LogP contribution in [-0.4, -0.2) is 6.03 Å². The van der Waals surface area contributed by atoms with Crippen molar-refractivity contribution >= 4 is 6.03 Å². The smallest absolute Gasteiger partial charge is 0.315 e. The average molecular weight is 561 g/mol. The first-order chi connectivity index (χ1) is 19.8. The molecule has 0 spiro atoms. The molecule has 0 unspecified atom stereocenters. The standard InChI is InChI=1S/C37H72N2O/c1-3-5-7-9-11-13-15-17-19-21-23-25-27-29-31-33-35-38-37(40)39-36-34-32-30-28-26-24-22-20-18-16-14-12-10-8-6-4-2/h33-36H,3-32H2,1-2H3,(H2,38,39,40). The van der Waals surface area contributed by atoms with Crippen LogP contribution in [0.1, 0.15) is 206 Å². The van der Waals surface area contributed by atoms with Crippen molar-refractivity contribution in [1.82, 2.24) is 10.6 Å². The van der Waals surface area contributed by atoms with Gasteiger partial charge in [-0.25, -0.2) is 4.79 Å². The summed E-state index contributed by atoms with van der Waals surface area (Å²) < 4.78 is 0. The summed E-state index contributed by atoms with van der Waals surface area (Å²) in [6.45, 7) is 4.57. The molecule has 40 heavy (non-hydrogen) atoms. The summed E-state index contributed by atoms with van der Waals surface area (Å²) >= 11 is 0. The van der Waals surface area contributed by atoms with Crippen molar-refractivity contribution in [3.8, 4) is 0 Å². The van der Waals surface area contributed by atoms with Gasteiger partial charge in [0.25, 0.3) is 0 Å². The zero-order valence-corrected chi connectivity index (χ0v) is 27.4. The zero-order valence-electron chi connectivity index (χ0n) is 27.4. The van der Waals surface area contributed by atoms with E-state index in [1.54, 1.807) is 12.4 Å². The molecule has 3 heteroatoms. The number of hydrogen-bond acceptors (Lipinski definition) is 1. The Morgan fingerprint density at radius 2 is 0.600 bits per heavy atom. The first kappa shape index (κ1) is 38.8. The molecule has 0 aromatic heterocycles. The minimum Gasteiger partial charge on any atom is -0.315 e. The second-order valence-corrected chi connectivity index (χ2v) is 12.2. The number of hydrogen-bond donors (Lipinski definition) is 2. The Bertz CT molecular complexity index is 496. The van der Waals surface area contributed by atoms with Gasteiger partial charge in [-0.1, -0.05) is 193 Å². The van der Waals surface area contributed by atoms with E-state index in [9.17, 15) is 4.79 Å². The Kier molecular flexibility index (Phi) is 34.7. The van der Waals surface area contributed by atoms with Crippen molar-refractivity contribution in [3.05, 3.63) is 24.6 Å². The van der Waals surface area contributed by atoms with Gasteiger partial charge in [0.15, 0.2) is 0 Å². The molecule has 0 rings (SSSR count). The highest BCUT2D eigenvalue weighted by Gasteiger charge is 1.96. The maximum Gasteiger partial charge on any atom is 0.322 e. The molecule has 236 valence electrons. The van der Waals surface area contributed by atoms with Crippen LogP contribution in [0.15, 0.2) is 24.6 Å². The maximum atomic E-state index is 11.8. The van der Waals surface area contributed by atoms with Crippen LogP contribution in [-0.2, 0) is 0 Å². The van der Waals surface area contributed by atoms with E-state index in [2.05, 4.69) is 36.6 Å². The summed E-state index contributed by atoms with van der Waals surface area (Å²) in [5.74, 6) is 0. The van der Waals surface area contributed by atoms with E-state index in [-0.39, 0.29) is 6.03 Å². The molecule has 0 fully saturated rings. The van der Waals surface area contributed by atoms with E-state index in [4.69, 9.17) is 0 Å². The lowest BCUT2D eigenvalue weighted by molar-refractivity contribution is 0.247. The van der Waals surface area contributed by atoms with Crippen LogP contribution in [0.3, 0.4) is 0 Å². The average Bonchev–Trinajstić information content (AvgIpc) is 2.96. The van der Waals surface area contributed by atoms with Crippen molar-refractivity contribution in [2.75, 3.05) is 0 Å². The molecular weight excluding hydrogens is 488 g/mol. The number of carbonyl (C=O) groups is 1. The molecule has 0 heterocycles. The normalized spacial score (nSPS) is 11.7. The molecule has 0 aliphatic heterocycles. The molecule has 0 aromatic carbocycles. The van der Waals surface area contributed by atoms with E-state index in [1.807, 2.05) is 0 Å². The van der Waals surface area contributed by atoms with Crippen molar-refractivity contribution < 1.29 is 4.79 Å². The molecule has 0 radical (unpaired) electrons. The highest BCUT2D eigenvalue weighted by atomic mass is 16.2. The lowest BCUT2D eigenvalue weighted by Gasteiger charge is -2.03. The first-order valence-electron chi connectivity index (χ1n) is 18.2. The Morgan fingerprint density at radius 3 is 0.850 bits per heavy atom. The van der Waals surface area contributed by atoms with Crippen LogP contribution in [0.2, 0.25) is 0 Å². The fourth-order valence-corrected chi connectivity index (χ4v) is 5.39. The molecule has 0 saturated carbocycles. The fraction of sp³-hybridized carbons (Fsp3) is 0.865. The van der Waals surface area contributed by atoms with E-state index < -0.39 is 0 Å². The number of nitrogens with one attached hydrogen (secondary N) is 2. The number of urea groups is 1. The number of rotatable bonds is 32. The van der Waals surface area contributed by atoms with Gasteiger partial charge >= 0.3 is 6.03 Å². The van der Waals surface area contributed by atoms with Gasteiger partial charge in [0.1, 0.15) is 0 Å².